The number of unbranched alkanes of at least 4 members (excludes halogenated alkanes) is 1. The number of aromatic amines is 1. The summed E-state index contributed by atoms with van der Waals surface area (Å²) in [4.78, 5) is 47.1. The van der Waals surface area contributed by atoms with Gasteiger partial charge in [-0.3, -0.25) is 14.5 Å². The van der Waals surface area contributed by atoms with Crippen LogP contribution >= 0.6 is 0 Å². The lowest BCUT2D eigenvalue weighted by molar-refractivity contribution is -0.120. The van der Waals surface area contributed by atoms with E-state index in [-0.39, 0.29) is 17.8 Å². The molecule has 1 saturated heterocycles. The second-order valence-corrected chi connectivity index (χ2v) is 11.1. The predicted octanol–water partition coefficient (Wildman–Crippen LogP) is 5.90. The number of fused-ring (bicyclic) bond motifs is 4. The van der Waals surface area contributed by atoms with E-state index in [2.05, 4.69) is 23.3 Å². The maximum absolute atomic E-state index is 14.0. The molecule has 1 fully saturated rings. The molecule has 8 nitrogen and oxygen atoms in total. The second kappa shape index (κ2) is 11.8. The fraction of sp³-hybridized carbons (Fsp3) is 0.324. The number of amides is 4. The number of hydrogen-bond donors (Lipinski definition) is 2. The highest BCUT2D eigenvalue weighted by Gasteiger charge is 2.53. The first kappa shape index (κ1) is 27.7. The summed E-state index contributed by atoms with van der Waals surface area (Å²) in [6, 6.07) is 21.5. The molecule has 1 unspecified atom stereocenters. The van der Waals surface area contributed by atoms with Crippen molar-refractivity contribution in [2.24, 2.45) is 0 Å². The number of nitrogens with zero attached hydrogens (tertiary/aromatic N) is 2. The fourth-order valence-corrected chi connectivity index (χ4v) is 6.00. The first-order valence-corrected chi connectivity index (χ1v) is 14.8. The van der Waals surface area contributed by atoms with Gasteiger partial charge in [0.25, 0.3) is 11.8 Å². The summed E-state index contributed by atoms with van der Waals surface area (Å²) < 4.78 is 5.55. The Balaban J connectivity index is 1.23. The Morgan fingerprint density at radius 1 is 0.976 bits per heavy atom. The molecule has 4 amide bonds. The number of benzene rings is 3. The van der Waals surface area contributed by atoms with Gasteiger partial charge in [-0.05, 0) is 61.2 Å². The van der Waals surface area contributed by atoms with Gasteiger partial charge >= 0.3 is 6.03 Å². The SMILES string of the molecule is CCCCOCCCNC(=O)c1ccc(N2C(=O)[C@@H]3Cc4c([nH]c5ccccc45)C(c4ccc(C)cc4)N3C2=O)cc1. The third-order valence-corrected chi connectivity index (χ3v) is 8.22. The molecule has 6 rings (SSSR count). The normalized spacial score (nSPS) is 18.0. The molecule has 2 aliphatic rings. The smallest absolute Gasteiger partial charge is 0.332 e. The van der Waals surface area contributed by atoms with Crippen LogP contribution in [-0.4, -0.2) is 53.5 Å². The molecule has 216 valence electrons. The summed E-state index contributed by atoms with van der Waals surface area (Å²) in [5, 5.41) is 3.98. The average molecular weight is 565 g/mol. The number of H-pyrrole nitrogens is 1. The van der Waals surface area contributed by atoms with Crippen LogP contribution in [0.15, 0.2) is 72.8 Å². The van der Waals surface area contributed by atoms with E-state index < -0.39 is 12.1 Å². The number of aromatic nitrogens is 1. The van der Waals surface area contributed by atoms with E-state index in [0.717, 1.165) is 59.2 Å². The van der Waals surface area contributed by atoms with Gasteiger partial charge in [-0.25, -0.2) is 9.69 Å². The number of anilines is 1. The van der Waals surface area contributed by atoms with E-state index >= 15 is 0 Å². The molecule has 0 bridgehead atoms. The van der Waals surface area contributed by atoms with Crippen molar-refractivity contribution in [1.29, 1.82) is 0 Å². The van der Waals surface area contributed by atoms with Gasteiger partial charge in [-0.15, -0.1) is 0 Å². The first-order chi connectivity index (χ1) is 20.5. The number of rotatable bonds is 10. The number of para-hydroxylation sites is 1. The number of urea groups is 1. The maximum atomic E-state index is 14.0. The molecule has 0 aliphatic carbocycles. The van der Waals surface area contributed by atoms with Crippen molar-refractivity contribution in [3.8, 4) is 0 Å². The Morgan fingerprint density at radius 2 is 1.71 bits per heavy atom. The molecular formula is C34H36N4O4. The molecule has 2 atom stereocenters. The lowest BCUT2D eigenvalue weighted by Gasteiger charge is -2.36. The van der Waals surface area contributed by atoms with Crippen molar-refractivity contribution in [3.63, 3.8) is 0 Å². The van der Waals surface area contributed by atoms with E-state index in [1.807, 2.05) is 49.4 Å². The number of imide groups is 1. The lowest BCUT2D eigenvalue weighted by Crippen LogP contribution is -2.44. The highest BCUT2D eigenvalue weighted by atomic mass is 16.5. The zero-order valence-corrected chi connectivity index (χ0v) is 24.1. The van der Waals surface area contributed by atoms with Crippen molar-refractivity contribution in [2.75, 3.05) is 24.7 Å². The van der Waals surface area contributed by atoms with Crippen molar-refractivity contribution in [1.82, 2.24) is 15.2 Å². The Labute approximate surface area is 245 Å². The summed E-state index contributed by atoms with van der Waals surface area (Å²) in [6.07, 6.45) is 3.31. The molecule has 0 saturated carbocycles. The highest BCUT2D eigenvalue weighted by molar-refractivity contribution is 6.22. The van der Waals surface area contributed by atoms with Crippen LogP contribution in [0.3, 0.4) is 0 Å². The summed E-state index contributed by atoms with van der Waals surface area (Å²) in [5.41, 5.74) is 6.01. The first-order valence-electron chi connectivity index (χ1n) is 14.8. The van der Waals surface area contributed by atoms with Crippen LogP contribution in [0.2, 0.25) is 0 Å². The largest absolute Gasteiger partial charge is 0.381 e. The van der Waals surface area contributed by atoms with Gasteiger partial charge in [-0.2, -0.15) is 0 Å². The van der Waals surface area contributed by atoms with Gasteiger partial charge < -0.3 is 15.0 Å². The number of aryl methyl sites for hydroxylation is 1. The maximum Gasteiger partial charge on any atom is 0.332 e. The van der Waals surface area contributed by atoms with Crippen molar-refractivity contribution in [3.05, 3.63) is 101 Å². The van der Waals surface area contributed by atoms with Crippen LogP contribution in [0.4, 0.5) is 10.5 Å². The van der Waals surface area contributed by atoms with Crippen LogP contribution in [0.25, 0.3) is 10.9 Å². The molecule has 4 aromatic rings. The Morgan fingerprint density at radius 3 is 2.48 bits per heavy atom. The zero-order valence-electron chi connectivity index (χ0n) is 24.1. The third-order valence-electron chi connectivity index (χ3n) is 8.22. The number of carbonyl (C=O) groups is 3. The number of hydrogen-bond acceptors (Lipinski definition) is 4. The minimum atomic E-state index is -0.627. The van der Waals surface area contributed by atoms with Crippen LogP contribution in [0.5, 0.6) is 0 Å². The lowest BCUT2D eigenvalue weighted by atomic mass is 9.88. The highest BCUT2D eigenvalue weighted by Crippen LogP contribution is 2.44. The summed E-state index contributed by atoms with van der Waals surface area (Å²) in [6.45, 7) is 6.02. The second-order valence-electron chi connectivity index (χ2n) is 11.1. The molecule has 3 heterocycles. The van der Waals surface area contributed by atoms with Gasteiger partial charge in [0.05, 0.1) is 5.69 Å². The van der Waals surface area contributed by atoms with Crippen molar-refractivity contribution < 1.29 is 19.1 Å². The monoisotopic (exact) mass is 564 g/mol. The molecule has 2 aliphatic heterocycles. The van der Waals surface area contributed by atoms with Crippen molar-refractivity contribution in [2.45, 2.75) is 51.6 Å². The minimum absolute atomic E-state index is 0.198. The van der Waals surface area contributed by atoms with E-state index in [1.165, 1.54) is 4.90 Å². The van der Waals surface area contributed by atoms with Gasteiger partial charge in [0.1, 0.15) is 12.1 Å². The predicted molar refractivity (Wildman–Crippen MR) is 163 cm³/mol. The van der Waals surface area contributed by atoms with E-state index in [0.29, 0.717) is 30.8 Å². The fourth-order valence-electron chi connectivity index (χ4n) is 6.00. The molecule has 0 radical (unpaired) electrons. The topological polar surface area (TPSA) is 94.7 Å². The molecule has 42 heavy (non-hydrogen) atoms. The zero-order chi connectivity index (χ0) is 29.2. The Hall–Kier alpha value is -4.43. The standard InChI is InChI=1S/C34H36N4O4/c1-3-4-19-42-20-7-18-35-32(39)24-14-16-25(17-15-24)37-33(40)29-21-27-26-8-5-6-9-28(26)36-30(27)31(38(29)34(37)41)23-12-10-22(2)11-13-23/h5-6,8-17,29,31,36H,3-4,7,18-21H2,1-2H3,(H,35,39)/t29-,31?/m0/s1. The van der Waals surface area contributed by atoms with E-state index in [1.54, 1.807) is 29.2 Å². The minimum Gasteiger partial charge on any atom is -0.381 e. The van der Waals surface area contributed by atoms with Crippen LogP contribution in [-0.2, 0) is 16.0 Å². The molecule has 0 spiro atoms. The number of ether oxygens (including phenoxy) is 1. The summed E-state index contributed by atoms with van der Waals surface area (Å²) in [5.74, 6) is -0.454. The van der Waals surface area contributed by atoms with Gasteiger partial charge in [-0.1, -0.05) is 61.4 Å². The van der Waals surface area contributed by atoms with Crippen LogP contribution in [0, 0.1) is 6.92 Å². The molecule has 2 N–H and O–H groups in total. The number of nitrogens with one attached hydrogen (secondary N) is 2. The Bertz CT molecular complexity index is 1610. The van der Waals surface area contributed by atoms with Gasteiger partial charge in [0, 0.05) is 48.3 Å². The number of carbonyl (C=O) groups excluding carboxylic acids is 3. The summed E-state index contributed by atoms with van der Waals surface area (Å²) >= 11 is 0. The van der Waals surface area contributed by atoms with Gasteiger partial charge in [0.2, 0.25) is 0 Å². The average Bonchev–Trinajstić information content (AvgIpc) is 3.50. The molecule has 3 aromatic carbocycles. The molecule has 8 heteroatoms. The van der Waals surface area contributed by atoms with Crippen molar-refractivity contribution >= 4 is 34.4 Å². The van der Waals surface area contributed by atoms with Crippen LogP contribution in [0.1, 0.15) is 65.0 Å². The molecule has 1 aromatic heterocycles. The molecular weight excluding hydrogens is 528 g/mol. The quantitative estimate of drug-likeness (QED) is 0.185. The van der Waals surface area contributed by atoms with Gasteiger partial charge in [0.15, 0.2) is 0 Å². The summed E-state index contributed by atoms with van der Waals surface area (Å²) in [7, 11) is 0. The van der Waals surface area contributed by atoms with E-state index in [9.17, 15) is 14.4 Å². The third kappa shape index (κ3) is 5.07. The van der Waals surface area contributed by atoms with E-state index in [4.69, 9.17) is 4.74 Å². The van der Waals surface area contributed by atoms with Crippen LogP contribution < -0.4 is 10.2 Å². The Kier molecular flexibility index (Phi) is 7.80.